The highest BCUT2D eigenvalue weighted by molar-refractivity contribution is 7.89. The molecule has 9 heteroatoms. The molecule has 1 aromatic rings. The van der Waals surface area contributed by atoms with Gasteiger partial charge in [0.25, 0.3) is 0 Å². The van der Waals surface area contributed by atoms with E-state index in [2.05, 4.69) is 0 Å². The van der Waals surface area contributed by atoms with Crippen molar-refractivity contribution in [3.05, 3.63) is 29.3 Å². The molecule has 0 aliphatic carbocycles. The van der Waals surface area contributed by atoms with Crippen LogP contribution in [0.2, 0.25) is 0 Å². The van der Waals surface area contributed by atoms with E-state index in [1.54, 1.807) is 6.92 Å². The molecule has 0 bridgehead atoms. The molecule has 0 heterocycles. The van der Waals surface area contributed by atoms with Gasteiger partial charge in [0.15, 0.2) is 5.82 Å². The maximum Gasteiger partial charge on any atom is 0.341 e. The topological polar surface area (TPSA) is 104 Å². The Balaban J connectivity index is 3.20. The number of aromatic carboxylic acids is 1. The number of sulfonamides is 1. The highest BCUT2D eigenvalue weighted by atomic mass is 32.2. The number of hydrogen-bond acceptors (Lipinski definition) is 4. The van der Waals surface area contributed by atoms with Crippen LogP contribution in [0.1, 0.15) is 17.3 Å². The van der Waals surface area contributed by atoms with Crippen molar-refractivity contribution in [2.75, 3.05) is 13.2 Å². The third-order valence-electron chi connectivity index (χ3n) is 2.49. The van der Waals surface area contributed by atoms with Crippen molar-refractivity contribution in [1.82, 2.24) is 4.72 Å². The van der Waals surface area contributed by atoms with Crippen LogP contribution in [0.4, 0.5) is 8.78 Å². The van der Waals surface area contributed by atoms with E-state index >= 15 is 0 Å². The first-order chi connectivity index (χ1) is 9.20. The molecule has 1 atom stereocenters. The molecule has 0 amide bonds. The van der Waals surface area contributed by atoms with E-state index in [-0.39, 0.29) is 13.2 Å². The van der Waals surface area contributed by atoms with Crippen molar-refractivity contribution in [2.45, 2.75) is 11.8 Å². The van der Waals surface area contributed by atoms with E-state index in [9.17, 15) is 22.0 Å². The van der Waals surface area contributed by atoms with Crippen molar-refractivity contribution in [1.29, 1.82) is 0 Å². The van der Waals surface area contributed by atoms with Crippen LogP contribution in [0.25, 0.3) is 0 Å². The minimum atomic E-state index is -4.33. The number of carboxylic acid groups (broad SMARTS) is 1. The number of benzene rings is 1. The number of aliphatic hydroxyl groups is 1. The summed E-state index contributed by atoms with van der Waals surface area (Å²) in [5, 5.41) is 17.4. The Labute approximate surface area is 114 Å². The quantitative estimate of drug-likeness (QED) is 0.713. The lowest BCUT2D eigenvalue weighted by atomic mass is 10.2. The molecule has 20 heavy (non-hydrogen) atoms. The Kier molecular flexibility index (Phi) is 5.15. The van der Waals surface area contributed by atoms with Gasteiger partial charge in [0.05, 0.1) is 0 Å². The highest BCUT2D eigenvalue weighted by Crippen LogP contribution is 2.21. The van der Waals surface area contributed by atoms with E-state index in [0.29, 0.717) is 12.1 Å². The van der Waals surface area contributed by atoms with Gasteiger partial charge in [-0.25, -0.2) is 26.7 Å². The molecule has 0 spiro atoms. The first-order valence-electron chi connectivity index (χ1n) is 5.52. The minimum absolute atomic E-state index is 0.169. The number of hydrogen-bond donors (Lipinski definition) is 3. The summed E-state index contributed by atoms with van der Waals surface area (Å²) < 4.78 is 52.6. The van der Waals surface area contributed by atoms with E-state index in [4.69, 9.17) is 10.2 Å². The Morgan fingerprint density at radius 3 is 2.50 bits per heavy atom. The van der Waals surface area contributed by atoms with Gasteiger partial charge in [0, 0.05) is 13.2 Å². The predicted octanol–water partition coefficient (Wildman–Crippen LogP) is 0.570. The normalized spacial score (nSPS) is 13.2. The van der Waals surface area contributed by atoms with E-state index in [1.807, 2.05) is 4.72 Å². The Bertz CT molecular complexity index is 617. The molecule has 0 aliphatic heterocycles. The average Bonchev–Trinajstić information content (AvgIpc) is 2.35. The van der Waals surface area contributed by atoms with Gasteiger partial charge in [-0.1, -0.05) is 6.92 Å². The molecular weight excluding hydrogens is 296 g/mol. The summed E-state index contributed by atoms with van der Waals surface area (Å²) in [5.41, 5.74) is -1.33. The molecule has 0 aliphatic rings. The summed E-state index contributed by atoms with van der Waals surface area (Å²) in [5.74, 6) is -5.34. The Morgan fingerprint density at radius 2 is 2.00 bits per heavy atom. The third kappa shape index (κ3) is 3.50. The fourth-order valence-corrected chi connectivity index (χ4v) is 2.58. The summed E-state index contributed by atoms with van der Waals surface area (Å²) >= 11 is 0. The second-order valence-electron chi connectivity index (χ2n) is 4.18. The summed E-state index contributed by atoms with van der Waals surface area (Å²) in [7, 11) is -4.33. The Hall–Kier alpha value is -1.58. The van der Waals surface area contributed by atoms with Crippen LogP contribution in [-0.4, -0.2) is 37.8 Å². The molecule has 1 aromatic carbocycles. The number of carbonyl (C=O) groups is 1. The molecule has 3 N–H and O–H groups in total. The zero-order valence-corrected chi connectivity index (χ0v) is 11.2. The Morgan fingerprint density at radius 1 is 1.40 bits per heavy atom. The maximum absolute atomic E-state index is 13.8. The molecule has 6 nitrogen and oxygen atoms in total. The lowest BCUT2D eigenvalue weighted by molar-refractivity contribution is 0.0685. The smallest absolute Gasteiger partial charge is 0.341 e. The fraction of sp³-hybridized carbons (Fsp3) is 0.364. The summed E-state index contributed by atoms with van der Waals surface area (Å²) in [4.78, 5) is 9.75. The molecule has 0 radical (unpaired) electrons. The molecule has 0 aromatic heterocycles. The number of rotatable bonds is 6. The van der Waals surface area contributed by atoms with Gasteiger partial charge in [-0.3, -0.25) is 0 Å². The summed E-state index contributed by atoms with van der Waals surface area (Å²) in [6.45, 7) is 1.10. The molecule has 0 saturated carbocycles. The molecule has 112 valence electrons. The molecule has 0 fully saturated rings. The van der Waals surface area contributed by atoms with Gasteiger partial charge >= 0.3 is 5.97 Å². The van der Waals surface area contributed by atoms with Crippen LogP contribution < -0.4 is 4.72 Å². The van der Waals surface area contributed by atoms with Crippen molar-refractivity contribution >= 4 is 16.0 Å². The number of nitrogens with one attached hydrogen (secondary N) is 1. The molecule has 1 unspecified atom stereocenters. The van der Waals surface area contributed by atoms with Gasteiger partial charge in [-0.05, 0) is 18.1 Å². The van der Waals surface area contributed by atoms with Crippen molar-refractivity contribution < 1.29 is 32.2 Å². The second-order valence-corrected chi connectivity index (χ2v) is 5.91. The van der Waals surface area contributed by atoms with E-state index in [0.717, 1.165) is 0 Å². The van der Waals surface area contributed by atoms with Crippen LogP contribution in [-0.2, 0) is 10.0 Å². The monoisotopic (exact) mass is 309 g/mol. The van der Waals surface area contributed by atoms with E-state index < -0.39 is 44.0 Å². The van der Waals surface area contributed by atoms with Crippen LogP contribution in [0.15, 0.2) is 17.0 Å². The second kappa shape index (κ2) is 6.25. The SMILES string of the molecule is CC(CO)CNS(=O)(=O)c1ccc(F)c(C(=O)O)c1F. The summed E-state index contributed by atoms with van der Waals surface area (Å²) in [6, 6.07) is 1.21. The fourth-order valence-electron chi connectivity index (χ4n) is 1.33. The first-order valence-corrected chi connectivity index (χ1v) is 7.00. The molecule has 0 saturated heterocycles. The number of carboxylic acids is 1. The van der Waals surface area contributed by atoms with Crippen LogP contribution in [0.5, 0.6) is 0 Å². The summed E-state index contributed by atoms with van der Waals surface area (Å²) in [6.07, 6.45) is 0. The van der Waals surface area contributed by atoms with Crippen LogP contribution >= 0.6 is 0 Å². The molecular formula is C11H13F2NO5S. The largest absolute Gasteiger partial charge is 0.477 e. The average molecular weight is 309 g/mol. The van der Waals surface area contributed by atoms with Gasteiger partial charge in [0.2, 0.25) is 10.0 Å². The highest BCUT2D eigenvalue weighted by Gasteiger charge is 2.26. The first kappa shape index (κ1) is 16.5. The van der Waals surface area contributed by atoms with Crippen molar-refractivity contribution in [3.8, 4) is 0 Å². The van der Waals surface area contributed by atoms with Crippen molar-refractivity contribution in [2.24, 2.45) is 5.92 Å². The lowest BCUT2D eigenvalue weighted by Crippen LogP contribution is -2.30. The van der Waals surface area contributed by atoms with E-state index in [1.165, 1.54) is 0 Å². The zero-order valence-electron chi connectivity index (χ0n) is 10.4. The standard InChI is InChI=1S/C11H13F2NO5S/c1-6(5-15)4-14-20(18,19)8-3-2-7(12)9(10(8)13)11(16)17/h2-3,6,14-15H,4-5H2,1H3,(H,16,17). The maximum atomic E-state index is 13.8. The van der Waals surface area contributed by atoms with Gasteiger partial charge in [0.1, 0.15) is 16.3 Å². The third-order valence-corrected chi connectivity index (χ3v) is 3.93. The minimum Gasteiger partial charge on any atom is -0.477 e. The number of halogens is 2. The molecule has 1 rings (SSSR count). The van der Waals surface area contributed by atoms with Gasteiger partial charge < -0.3 is 10.2 Å². The van der Waals surface area contributed by atoms with Crippen LogP contribution in [0, 0.1) is 17.6 Å². The van der Waals surface area contributed by atoms with Crippen LogP contribution in [0.3, 0.4) is 0 Å². The van der Waals surface area contributed by atoms with Crippen molar-refractivity contribution in [3.63, 3.8) is 0 Å². The zero-order chi connectivity index (χ0) is 15.5. The predicted molar refractivity (Wildman–Crippen MR) is 64.8 cm³/mol. The van der Waals surface area contributed by atoms with Gasteiger partial charge in [-0.15, -0.1) is 0 Å². The number of aliphatic hydroxyl groups excluding tert-OH is 1. The van der Waals surface area contributed by atoms with Gasteiger partial charge in [-0.2, -0.15) is 0 Å². The lowest BCUT2D eigenvalue weighted by Gasteiger charge is -2.12.